The van der Waals surface area contributed by atoms with Gasteiger partial charge in [-0.15, -0.1) is 6.58 Å². The molecule has 5 rings (SSSR count). The Labute approximate surface area is 244 Å². The van der Waals surface area contributed by atoms with Crippen molar-refractivity contribution < 1.29 is 18.7 Å². The van der Waals surface area contributed by atoms with Gasteiger partial charge < -0.3 is 14.4 Å². The van der Waals surface area contributed by atoms with Crippen LogP contribution in [0.2, 0.25) is 0 Å². The summed E-state index contributed by atoms with van der Waals surface area (Å²) < 4.78 is 28.9. The standard InChI is InChI=1S/C34H32FN3O4/c1-4-20-36-24(3)38(30(26-15-10-7-11-16-26)27-17-12-18-28(35)32(27)41-22-5-2)37-21-19-29(39)33(31(37)34(36)40)42-23-25-13-8-6-9-14-25/h4-19,21,24,30H,1-2,20,22-23H2,3H3. The first kappa shape index (κ1) is 28.4. The number of nitrogens with zero attached hydrogens (tertiary/aromatic N) is 3. The number of ether oxygens (including phenoxy) is 2. The van der Waals surface area contributed by atoms with Gasteiger partial charge in [-0.2, -0.15) is 0 Å². The molecule has 0 radical (unpaired) electrons. The Morgan fingerprint density at radius 2 is 1.60 bits per heavy atom. The molecule has 4 aromatic rings. The molecule has 1 amide bonds. The number of aromatic nitrogens is 1. The van der Waals surface area contributed by atoms with Crippen molar-refractivity contribution in [2.24, 2.45) is 0 Å². The van der Waals surface area contributed by atoms with Gasteiger partial charge in [-0.3, -0.25) is 19.3 Å². The third-order valence-corrected chi connectivity index (χ3v) is 7.15. The van der Waals surface area contributed by atoms with Crippen LogP contribution in [-0.2, 0) is 6.61 Å². The predicted molar refractivity (Wildman–Crippen MR) is 161 cm³/mol. The Hall–Kier alpha value is -5.11. The van der Waals surface area contributed by atoms with Gasteiger partial charge in [0.15, 0.2) is 23.0 Å². The van der Waals surface area contributed by atoms with Crippen LogP contribution in [-0.4, -0.2) is 34.8 Å². The molecule has 0 fully saturated rings. The van der Waals surface area contributed by atoms with Crippen molar-refractivity contribution in [1.82, 2.24) is 9.58 Å². The highest BCUT2D eigenvalue weighted by Gasteiger charge is 2.42. The lowest BCUT2D eigenvalue weighted by Gasteiger charge is -2.48. The molecule has 0 saturated carbocycles. The largest absolute Gasteiger partial charge is 0.486 e. The van der Waals surface area contributed by atoms with E-state index in [1.165, 1.54) is 12.1 Å². The fourth-order valence-electron chi connectivity index (χ4n) is 5.25. The highest BCUT2D eigenvalue weighted by molar-refractivity contribution is 5.96. The Morgan fingerprint density at radius 3 is 2.29 bits per heavy atom. The highest BCUT2D eigenvalue weighted by atomic mass is 19.1. The van der Waals surface area contributed by atoms with Crippen molar-refractivity contribution in [3.8, 4) is 11.5 Å². The number of benzene rings is 3. The second-order valence-electron chi connectivity index (χ2n) is 9.81. The first-order valence-electron chi connectivity index (χ1n) is 13.7. The van der Waals surface area contributed by atoms with E-state index in [0.29, 0.717) is 5.56 Å². The third kappa shape index (κ3) is 5.43. The third-order valence-electron chi connectivity index (χ3n) is 7.15. The predicted octanol–water partition coefficient (Wildman–Crippen LogP) is 5.85. The van der Waals surface area contributed by atoms with Crippen molar-refractivity contribution in [1.29, 1.82) is 0 Å². The topological polar surface area (TPSA) is 64.0 Å². The van der Waals surface area contributed by atoms with Crippen LogP contribution in [0, 0.1) is 5.82 Å². The summed E-state index contributed by atoms with van der Waals surface area (Å²) in [5.74, 6) is -0.889. The molecule has 7 nitrogen and oxygen atoms in total. The van der Waals surface area contributed by atoms with Gasteiger partial charge in [-0.25, -0.2) is 4.39 Å². The molecule has 2 heterocycles. The van der Waals surface area contributed by atoms with E-state index in [0.717, 1.165) is 11.1 Å². The highest BCUT2D eigenvalue weighted by Crippen LogP contribution is 2.39. The zero-order chi connectivity index (χ0) is 29.6. The van der Waals surface area contributed by atoms with Crippen LogP contribution in [0.4, 0.5) is 4.39 Å². The number of para-hydroxylation sites is 1. The fraction of sp³-hybridized carbons (Fsp3) is 0.176. The van der Waals surface area contributed by atoms with E-state index in [1.807, 2.05) is 72.6 Å². The maximum atomic E-state index is 15.3. The molecule has 42 heavy (non-hydrogen) atoms. The Bertz CT molecular complexity index is 1640. The Kier molecular flexibility index (Phi) is 8.52. The Balaban J connectivity index is 1.74. The molecule has 1 aromatic heterocycles. The molecule has 0 saturated heterocycles. The number of fused-ring (bicyclic) bond motifs is 1. The second-order valence-corrected chi connectivity index (χ2v) is 9.81. The van der Waals surface area contributed by atoms with Crippen LogP contribution in [0.25, 0.3) is 0 Å². The van der Waals surface area contributed by atoms with Crippen LogP contribution in [0.1, 0.15) is 40.1 Å². The summed E-state index contributed by atoms with van der Waals surface area (Å²) in [7, 11) is 0. The van der Waals surface area contributed by atoms with Crippen molar-refractivity contribution in [2.75, 3.05) is 18.2 Å². The molecule has 2 unspecified atom stereocenters. The minimum absolute atomic E-state index is 0.0634. The number of halogens is 1. The zero-order valence-corrected chi connectivity index (χ0v) is 23.4. The van der Waals surface area contributed by atoms with Gasteiger partial charge in [0.2, 0.25) is 5.43 Å². The van der Waals surface area contributed by atoms with Gasteiger partial charge in [-0.05, 0) is 24.1 Å². The van der Waals surface area contributed by atoms with E-state index >= 15 is 4.39 Å². The quantitative estimate of drug-likeness (QED) is 0.214. The normalized spacial score (nSPS) is 15.1. The number of hydrogen-bond donors (Lipinski definition) is 0. The number of hydrogen-bond acceptors (Lipinski definition) is 5. The number of carbonyl (C=O) groups excluding carboxylic acids is 1. The summed E-state index contributed by atoms with van der Waals surface area (Å²) in [6, 6.07) is 24.5. The smallest absolute Gasteiger partial charge is 0.278 e. The van der Waals surface area contributed by atoms with E-state index in [-0.39, 0.29) is 42.9 Å². The van der Waals surface area contributed by atoms with Crippen LogP contribution in [0.5, 0.6) is 11.5 Å². The molecule has 0 spiro atoms. The van der Waals surface area contributed by atoms with E-state index in [2.05, 4.69) is 13.2 Å². The molecule has 0 bridgehead atoms. The van der Waals surface area contributed by atoms with Crippen LogP contribution in [0.3, 0.4) is 0 Å². The lowest BCUT2D eigenvalue weighted by Crippen LogP contribution is -2.61. The molecular weight excluding hydrogens is 533 g/mol. The number of carbonyl (C=O) groups is 1. The van der Waals surface area contributed by atoms with E-state index < -0.39 is 23.5 Å². The lowest BCUT2D eigenvalue weighted by atomic mass is 9.96. The van der Waals surface area contributed by atoms with Crippen molar-refractivity contribution in [2.45, 2.75) is 25.7 Å². The monoisotopic (exact) mass is 565 g/mol. The first-order valence-corrected chi connectivity index (χ1v) is 13.7. The fourth-order valence-corrected chi connectivity index (χ4v) is 5.25. The summed E-state index contributed by atoms with van der Waals surface area (Å²) >= 11 is 0. The van der Waals surface area contributed by atoms with Gasteiger partial charge in [-0.1, -0.05) is 91.5 Å². The molecule has 1 aliphatic heterocycles. The summed E-state index contributed by atoms with van der Waals surface area (Å²) in [4.78, 5) is 28.8. The van der Waals surface area contributed by atoms with Gasteiger partial charge in [0.1, 0.15) is 25.4 Å². The maximum absolute atomic E-state index is 15.3. The van der Waals surface area contributed by atoms with Crippen molar-refractivity contribution in [3.05, 3.63) is 155 Å². The minimum atomic E-state index is -0.639. The molecule has 1 aliphatic rings. The van der Waals surface area contributed by atoms with Gasteiger partial charge in [0.25, 0.3) is 5.91 Å². The summed E-state index contributed by atoms with van der Waals surface area (Å²) in [5, 5.41) is 1.93. The van der Waals surface area contributed by atoms with E-state index in [9.17, 15) is 9.59 Å². The van der Waals surface area contributed by atoms with Crippen molar-refractivity contribution in [3.63, 3.8) is 0 Å². The molecular formula is C34H32FN3O4. The SMILES string of the molecule is C=CCOc1c(F)cccc1C(c1ccccc1)N1C(C)N(CC=C)C(=O)c2c(OCc3ccccc3)c(=O)ccn21. The lowest BCUT2D eigenvalue weighted by molar-refractivity contribution is 0.0600. The molecule has 3 aromatic carbocycles. The van der Waals surface area contributed by atoms with Gasteiger partial charge in [0, 0.05) is 24.4 Å². The molecule has 8 heteroatoms. The summed E-state index contributed by atoms with van der Waals surface area (Å²) in [5.41, 5.74) is 1.86. The average molecular weight is 566 g/mol. The van der Waals surface area contributed by atoms with Crippen LogP contribution < -0.4 is 19.9 Å². The Morgan fingerprint density at radius 1 is 0.881 bits per heavy atom. The number of pyridine rings is 1. The first-order chi connectivity index (χ1) is 20.5. The second kappa shape index (κ2) is 12.6. The van der Waals surface area contributed by atoms with Crippen LogP contribution in [0.15, 0.2) is 121 Å². The van der Waals surface area contributed by atoms with Crippen molar-refractivity contribution >= 4 is 5.91 Å². The average Bonchev–Trinajstić information content (AvgIpc) is 3.01. The zero-order valence-electron chi connectivity index (χ0n) is 23.4. The van der Waals surface area contributed by atoms with Crippen LogP contribution >= 0.6 is 0 Å². The van der Waals surface area contributed by atoms with Gasteiger partial charge in [0.05, 0.1) is 0 Å². The summed E-state index contributed by atoms with van der Waals surface area (Å²) in [6.07, 6.45) is 4.20. The number of rotatable bonds is 11. The molecule has 0 aliphatic carbocycles. The summed E-state index contributed by atoms with van der Waals surface area (Å²) in [6.45, 7) is 9.85. The minimum Gasteiger partial charge on any atom is -0.486 e. The van der Waals surface area contributed by atoms with E-state index in [4.69, 9.17) is 9.47 Å². The molecule has 2 atom stereocenters. The maximum Gasteiger partial charge on any atom is 0.278 e. The van der Waals surface area contributed by atoms with E-state index in [1.54, 1.807) is 40.1 Å². The molecule has 0 N–H and O–H groups in total. The van der Waals surface area contributed by atoms with Gasteiger partial charge >= 0.3 is 0 Å². The number of amides is 1. The molecule has 214 valence electrons.